The summed E-state index contributed by atoms with van der Waals surface area (Å²) in [6.07, 6.45) is 1.91. The second kappa shape index (κ2) is 13.6. The first-order valence-corrected chi connectivity index (χ1v) is 13.4. The number of hydrogen-bond donors (Lipinski definition) is 1. The second-order valence-corrected chi connectivity index (χ2v) is 10.4. The van der Waals surface area contributed by atoms with Crippen molar-refractivity contribution in [3.8, 4) is 11.5 Å². The topological polar surface area (TPSA) is 97.3 Å². The fourth-order valence-electron chi connectivity index (χ4n) is 3.69. The normalized spacial score (nSPS) is 11.8. The zero-order valence-electron chi connectivity index (χ0n) is 21.4. The smallest absolute Gasteiger partial charge is 0.255 e. The molecule has 1 N–H and O–H groups in total. The molecule has 0 aliphatic heterocycles. The Labute approximate surface area is 219 Å². The molecule has 3 rings (SSSR count). The van der Waals surface area contributed by atoms with Gasteiger partial charge in [0.15, 0.2) is 11.5 Å². The highest BCUT2D eigenvalue weighted by atomic mass is 32.2. The van der Waals surface area contributed by atoms with Gasteiger partial charge >= 0.3 is 0 Å². The molecule has 8 nitrogen and oxygen atoms in total. The summed E-state index contributed by atoms with van der Waals surface area (Å²) in [4.78, 5) is 12.8. The van der Waals surface area contributed by atoms with E-state index in [1.54, 1.807) is 0 Å². The third-order valence-electron chi connectivity index (χ3n) is 5.80. The number of carbonyl (C=O) groups excluding carboxylic acids is 1. The van der Waals surface area contributed by atoms with E-state index in [9.17, 15) is 13.2 Å². The van der Waals surface area contributed by atoms with Crippen molar-refractivity contribution < 1.29 is 22.7 Å². The molecular weight excluding hydrogens is 490 g/mol. The fourth-order valence-corrected chi connectivity index (χ4v) is 5.10. The van der Waals surface area contributed by atoms with Crippen molar-refractivity contribution in [1.29, 1.82) is 0 Å². The predicted molar refractivity (Wildman–Crippen MR) is 144 cm³/mol. The summed E-state index contributed by atoms with van der Waals surface area (Å²) in [5.74, 6) is 0.182. The highest BCUT2D eigenvalue weighted by Gasteiger charge is 2.27. The third kappa shape index (κ3) is 8.16. The SMILES string of the molecule is COc1ccc(S(=O)(=O)N(CCc2ccccc2)CC(=O)NN=C(C)CCc2ccccc2)cc1OC. The molecular formula is C28H33N3O5S. The molecule has 9 heteroatoms. The minimum atomic E-state index is -4.02. The average molecular weight is 524 g/mol. The molecule has 0 aliphatic carbocycles. The van der Waals surface area contributed by atoms with E-state index in [1.165, 1.54) is 38.0 Å². The summed E-state index contributed by atoms with van der Waals surface area (Å²) < 4.78 is 38.8. The second-order valence-electron chi connectivity index (χ2n) is 8.46. The number of ether oxygens (including phenoxy) is 2. The number of carbonyl (C=O) groups is 1. The lowest BCUT2D eigenvalue weighted by Crippen LogP contribution is -2.40. The van der Waals surface area contributed by atoms with Crippen molar-refractivity contribution in [2.45, 2.75) is 31.1 Å². The van der Waals surface area contributed by atoms with E-state index < -0.39 is 15.9 Å². The monoisotopic (exact) mass is 523 g/mol. The standard InChI is InChI=1S/C28H33N3O5S/c1-22(14-15-23-10-6-4-7-11-23)29-30-28(32)21-31(19-18-24-12-8-5-9-13-24)37(33,34)25-16-17-26(35-2)27(20-25)36-3/h4-13,16-17,20H,14-15,18-19,21H2,1-3H3,(H,30,32). The number of hydrazone groups is 1. The van der Waals surface area contributed by atoms with Crippen LogP contribution in [0.2, 0.25) is 0 Å². The van der Waals surface area contributed by atoms with Crippen LogP contribution in [0.25, 0.3) is 0 Å². The van der Waals surface area contributed by atoms with E-state index in [0.717, 1.165) is 22.0 Å². The summed E-state index contributed by atoms with van der Waals surface area (Å²) in [5, 5.41) is 4.17. The first-order valence-electron chi connectivity index (χ1n) is 12.0. The Kier molecular flexibility index (Phi) is 10.2. The molecule has 196 valence electrons. The minimum Gasteiger partial charge on any atom is -0.493 e. The maximum atomic E-state index is 13.6. The van der Waals surface area contributed by atoms with E-state index in [-0.39, 0.29) is 23.7 Å². The van der Waals surface area contributed by atoms with E-state index in [4.69, 9.17) is 9.47 Å². The van der Waals surface area contributed by atoms with Gasteiger partial charge in [0.25, 0.3) is 5.91 Å². The Morgan fingerprint density at radius 2 is 1.46 bits per heavy atom. The largest absolute Gasteiger partial charge is 0.493 e. The lowest BCUT2D eigenvalue weighted by Gasteiger charge is -2.22. The molecule has 0 radical (unpaired) electrons. The zero-order valence-corrected chi connectivity index (χ0v) is 22.2. The number of amides is 1. The van der Waals surface area contributed by atoms with Gasteiger partial charge in [-0.2, -0.15) is 9.41 Å². The Bertz CT molecular complexity index is 1300. The number of aryl methyl sites for hydroxylation is 1. The number of methoxy groups -OCH3 is 2. The van der Waals surface area contributed by atoms with Crippen LogP contribution in [0.5, 0.6) is 11.5 Å². The van der Waals surface area contributed by atoms with Crippen LogP contribution in [-0.2, 0) is 27.7 Å². The Morgan fingerprint density at radius 3 is 2.05 bits per heavy atom. The molecule has 0 fully saturated rings. The lowest BCUT2D eigenvalue weighted by atomic mass is 10.1. The fraction of sp³-hybridized carbons (Fsp3) is 0.286. The molecule has 0 aromatic heterocycles. The van der Waals surface area contributed by atoms with Gasteiger partial charge in [-0.1, -0.05) is 60.7 Å². The van der Waals surface area contributed by atoms with Crippen molar-refractivity contribution in [3.63, 3.8) is 0 Å². The van der Waals surface area contributed by atoms with Gasteiger partial charge in [0.05, 0.1) is 25.7 Å². The lowest BCUT2D eigenvalue weighted by molar-refractivity contribution is -0.121. The van der Waals surface area contributed by atoms with Gasteiger partial charge in [-0.05, 0) is 49.4 Å². The molecule has 0 aliphatic rings. The first kappa shape index (κ1) is 27.9. The van der Waals surface area contributed by atoms with Gasteiger partial charge in [-0.25, -0.2) is 13.8 Å². The van der Waals surface area contributed by atoms with Crippen molar-refractivity contribution >= 4 is 21.6 Å². The van der Waals surface area contributed by atoms with Crippen LogP contribution in [0.3, 0.4) is 0 Å². The van der Waals surface area contributed by atoms with Gasteiger partial charge in [-0.3, -0.25) is 4.79 Å². The van der Waals surface area contributed by atoms with E-state index in [0.29, 0.717) is 18.6 Å². The summed E-state index contributed by atoms with van der Waals surface area (Å²) in [7, 11) is -1.11. The number of nitrogens with zero attached hydrogens (tertiary/aromatic N) is 2. The van der Waals surface area contributed by atoms with E-state index in [2.05, 4.69) is 10.5 Å². The number of benzene rings is 3. The van der Waals surface area contributed by atoms with E-state index >= 15 is 0 Å². The van der Waals surface area contributed by atoms with Crippen LogP contribution in [0, 0.1) is 0 Å². The number of rotatable bonds is 13. The quantitative estimate of drug-likeness (QED) is 0.269. The summed E-state index contributed by atoms with van der Waals surface area (Å²) in [6.45, 7) is 1.57. The minimum absolute atomic E-state index is 0.00792. The van der Waals surface area contributed by atoms with Crippen LogP contribution < -0.4 is 14.9 Å². The Balaban J connectivity index is 1.74. The van der Waals surface area contributed by atoms with Crippen LogP contribution in [0.15, 0.2) is 88.9 Å². The van der Waals surface area contributed by atoms with Gasteiger partial charge in [-0.15, -0.1) is 0 Å². The summed E-state index contributed by atoms with van der Waals surface area (Å²) >= 11 is 0. The zero-order chi connectivity index (χ0) is 26.7. The molecule has 0 heterocycles. The van der Waals surface area contributed by atoms with Crippen LogP contribution >= 0.6 is 0 Å². The first-order chi connectivity index (χ1) is 17.8. The molecule has 0 saturated carbocycles. The van der Waals surface area contributed by atoms with Crippen molar-refractivity contribution in [1.82, 2.24) is 9.73 Å². The van der Waals surface area contributed by atoms with Crippen LogP contribution in [0.4, 0.5) is 0 Å². The highest BCUT2D eigenvalue weighted by Crippen LogP contribution is 2.30. The maximum absolute atomic E-state index is 13.6. The van der Waals surface area contributed by atoms with Gasteiger partial charge in [0, 0.05) is 18.3 Å². The number of hydrogen-bond acceptors (Lipinski definition) is 6. The van der Waals surface area contributed by atoms with Gasteiger partial charge < -0.3 is 9.47 Å². The molecule has 3 aromatic rings. The van der Waals surface area contributed by atoms with Crippen molar-refractivity contribution in [3.05, 3.63) is 90.0 Å². The van der Waals surface area contributed by atoms with Crippen LogP contribution in [-0.4, -0.2) is 51.7 Å². The summed E-state index contributed by atoms with van der Waals surface area (Å²) in [5.41, 5.74) is 5.40. The van der Waals surface area contributed by atoms with Crippen LogP contribution in [0.1, 0.15) is 24.5 Å². The van der Waals surface area contributed by atoms with E-state index in [1.807, 2.05) is 67.6 Å². The number of sulfonamides is 1. The predicted octanol–water partition coefficient (Wildman–Crippen LogP) is 4.06. The highest BCUT2D eigenvalue weighted by molar-refractivity contribution is 7.89. The summed E-state index contributed by atoms with van der Waals surface area (Å²) in [6, 6.07) is 23.9. The van der Waals surface area contributed by atoms with Gasteiger partial charge in [0.2, 0.25) is 10.0 Å². The molecule has 3 aromatic carbocycles. The Hall–Kier alpha value is -3.69. The molecule has 1 amide bonds. The van der Waals surface area contributed by atoms with Crippen molar-refractivity contribution in [2.24, 2.45) is 5.10 Å². The molecule has 0 atom stereocenters. The number of nitrogens with one attached hydrogen (secondary N) is 1. The average Bonchev–Trinajstić information content (AvgIpc) is 2.93. The third-order valence-corrected chi connectivity index (χ3v) is 7.64. The maximum Gasteiger partial charge on any atom is 0.255 e. The molecule has 0 saturated heterocycles. The molecule has 37 heavy (non-hydrogen) atoms. The molecule has 0 bridgehead atoms. The molecule has 0 unspecified atom stereocenters. The Morgan fingerprint density at radius 1 is 0.865 bits per heavy atom. The van der Waals surface area contributed by atoms with Crippen molar-refractivity contribution in [2.75, 3.05) is 27.3 Å². The molecule has 0 spiro atoms. The van der Waals surface area contributed by atoms with Gasteiger partial charge in [0.1, 0.15) is 0 Å².